The van der Waals surface area contributed by atoms with Gasteiger partial charge in [0.1, 0.15) is 6.61 Å². The Morgan fingerprint density at radius 3 is 2.71 bits per heavy atom. The van der Waals surface area contributed by atoms with Gasteiger partial charge in [-0.15, -0.1) is 0 Å². The van der Waals surface area contributed by atoms with Crippen LogP contribution in [0.5, 0.6) is 0 Å². The number of allylic oxidation sites excluding steroid dienone is 1. The molecule has 0 aliphatic carbocycles. The highest BCUT2D eigenvalue weighted by Gasteiger charge is 1.67. The third kappa shape index (κ3) is 5.19. The first-order chi connectivity index (χ1) is 3.41. The molecule has 0 aliphatic rings. The van der Waals surface area contributed by atoms with Crippen LogP contribution in [0.25, 0.3) is 0 Å². The minimum Gasteiger partial charge on any atom is -0.232 e. The molecule has 7 heavy (non-hydrogen) atoms. The Kier molecular flexibility index (Phi) is 4.59. The van der Waals surface area contributed by atoms with E-state index in [1.807, 2.05) is 6.07 Å². The Balaban J connectivity index is 2.97. The van der Waals surface area contributed by atoms with E-state index in [1.165, 1.54) is 6.08 Å². The maximum Gasteiger partial charge on any atom is 0.100 e. The largest absolute Gasteiger partial charge is 0.232 e. The quantitative estimate of drug-likeness (QED) is 0.471. The summed E-state index contributed by atoms with van der Waals surface area (Å²) in [6, 6.07) is 1.88. The fourth-order valence-electron chi connectivity index (χ4n) is 0.204. The predicted octanol–water partition coefficient (Wildman–Crippen LogP) is 0.887. The normalized spacial score (nSPS) is 9.14. The van der Waals surface area contributed by atoms with Crippen molar-refractivity contribution < 1.29 is 5.11 Å². The second-order valence-corrected chi connectivity index (χ2v) is 1.00. The van der Waals surface area contributed by atoms with Crippen LogP contribution in [0, 0.1) is 11.3 Å². The van der Waals surface area contributed by atoms with E-state index in [0.717, 1.165) is 0 Å². The lowest BCUT2D eigenvalue weighted by Crippen LogP contribution is -1.65. The molecule has 0 fully saturated rings. The van der Waals surface area contributed by atoms with Crippen LogP contribution in [0.3, 0.4) is 0 Å². The Labute approximate surface area is 42.7 Å². The van der Waals surface area contributed by atoms with Gasteiger partial charge in [0.2, 0.25) is 0 Å². The first kappa shape index (κ1) is 6.19. The number of hydrogen-bond donors (Lipinski definition) is 0. The van der Waals surface area contributed by atoms with Crippen LogP contribution >= 0.6 is 0 Å². The Bertz CT molecular complexity index is 90.7. The van der Waals surface area contributed by atoms with Crippen molar-refractivity contribution in [2.24, 2.45) is 0 Å². The zero-order chi connectivity index (χ0) is 5.54. The van der Waals surface area contributed by atoms with Crippen molar-refractivity contribution in [3.05, 3.63) is 12.2 Å². The number of rotatable bonds is 2. The second-order valence-electron chi connectivity index (χ2n) is 1.00. The van der Waals surface area contributed by atoms with Gasteiger partial charge >= 0.3 is 0 Å². The van der Waals surface area contributed by atoms with E-state index in [0.29, 0.717) is 6.42 Å². The van der Waals surface area contributed by atoms with Crippen molar-refractivity contribution >= 4 is 0 Å². The summed E-state index contributed by atoms with van der Waals surface area (Å²) in [7, 11) is 0. The van der Waals surface area contributed by atoms with Crippen molar-refractivity contribution in [3.63, 3.8) is 0 Å². The minimum absolute atomic E-state index is 0.221. The molecule has 0 atom stereocenters. The SMILES string of the molecule is N#CC/C=C/C[O]. The summed E-state index contributed by atoms with van der Waals surface area (Å²) < 4.78 is 0. The van der Waals surface area contributed by atoms with Crippen molar-refractivity contribution in [1.29, 1.82) is 5.26 Å². The lowest BCUT2D eigenvalue weighted by molar-refractivity contribution is 0.232. The molecule has 0 spiro atoms. The van der Waals surface area contributed by atoms with Gasteiger partial charge in [-0.25, -0.2) is 5.11 Å². The average Bonchev–Trinajstić information content (AvgIpc) is 1.69. The minimum atomic E-state index is -0.221. The van der Waals surface area contributed by atoms with Gasteiger partial charge in [0, 0.05) is 0 Å². The molecule has 37 valence electrons. The van der Waals surface area contributed by atoms with E-state index in [4.69, 9.17) is 5.26 Å². The summed E-state index contributed by atoms with van der Waals surface area (Å²) in [4.78, 5) is 0. The molecule has 0 aliphatic heterocycles. The number of hydrogen-bond acceptors (Lipinski definition) is 1. The highest BCUT2D eigenvalue weighted by Crippen LogP contribution is 1.75. The van der Waals surface area contributed by atoms with E-state index in [9.17, 15) is 5.11 Å². The Morgan fingerprint density at radius 1 is 1.57 bits per heavy atom. The molecule has 0 aromatic heterocycles. The topological polar surface area (TPSA) is 43.7 Å². The van der Waals surface area contributed by atoms with Gasteiger partial charge in [0.25, 0.3) is 0 Å². The zero-order valence-electron chi connectivity index (χ0n) is 3.92. The highest BCUT2D eigenvalue weighted by atomic mass is 16.2. The summed E-state index contributed by atoms with van der Waals surface area (Å²) in [5, 5.41) is 17.5. The first-order valence-electron chi connectivity index (χ1n) is 2.02. The summed E-state index contributed by atoms with van der Waals surface area (Å²) >= 11 is 0. The summed E-state index contributed by atoms with van der Waals surface area (Å²) in [5.74, 6) is 0. The van der Waals surface area contributed by atoms with E-state index in [-0.39, 0.29) is 6.61 Å². The van der Waals surface area contributed by atoms with Crippen LogP contribution < -0.4 is 0 Å². The molecule has 2 heteroatoms. The van der Waals surface area contributed by atoms with E-state index in [1.54, 1.807) is 6.08 Å². The summed E-state index contributed by atoms with van der Waals surface area (Å²) in [5.41, 5.74) is 0. The maximum atomic E-state index is 9.61. The van der Waals surface area contributed by atoms with Gasteiger partial charge in [-0.2, -0.15) is 5.26 Å². The molecule has 0 saturated carbocycles. The van der Waals surface area contributed by atoms with Crippen molar-refractivity contribution in [2.45, 2.75) is 6.42 Å². The van der Waals surface area contributed by atoms with Crippen molar-refractivity contribution in [2.75, 3.05) is 6.61 Å². The van der Waals surface area contributed by atoms with Gasteiger partial charge in [-0.05, 0) is 0 Å². The smallest absolute Gasteiger partial charge is 0.100 e. The highest BCUT2D eigenvalue weighted by molar-refractivity contribution is 4.89. The molecule has 1 radical (unpaired) electrons. The van der Waals surface area contributed by atoms with Gasteiger partial charge in [-0.3, -0.25) is 0 Å². The first-order valence-corrected chi connectivity index (χ1v) is 2.02. The third-order valence-corrected chi connectivity index (χ3v) is 0.472. The summed E-state index contributed by atoms with van der Waals surface area (Å²) in [6.45, 7) is -0.221. The second kappa shape index (κ2) is 5.19. The van der Waals surface area contributed by atoms with Crippen LogP contribution in [-0.2, 0) is 5.11 Å². The number of nitriles is 1. The van der Waals surface area contributed by atoms with Gasteiger partial charge < -0.3 is 0 Å². The van der Waals surface area contributed by atoms with Crippen LogP contribution in [0.4, 0.5) is 0 Å². The molecule has 0 rings (SSSR count). The lowest BCUT2D eigenvalue weighted by Gasteiger charge is -1.69. The molecule has 0 N–H and O–H groups in total. The fraction of sp³-hybridized carbons (Fsp3) is 0.400. The standard InChI is InChI=1S/C5H6NO/c6-4-2-1-3-5-7/h1,3H,2,5H2/b3-1+. The van der Waals surface area contributed by atoms with E-state index in [2.05, 4.69) is 0 Å². The Morgan fingerprint density at radius 2 is 2.29 bits per heavy atom. The monoisotopic (exact) mass is 96.0 g/mol. The summed E-state index contributed by atoms with van der Waals surface area (Å²) in [6.07, 6.45) is 3.35. The molecule has 0 saturated heterocycles. The van der Waals surface area contributed by atoms with Crippen molar-refractivity contribution in [3.8, 4) is 6.07 Å². The van der Waals surface area contributed by atoms with Crippen molar-refractivity contribution in [1.82, 2.24) is 0 Å². The molecular formula is C5H6NO. The molecular weight excluding hydrogens is 90.1 g/mol. The molecule has 0 aromatic rings. The lowest BCUT2D eigenvalue weighted by atomic mass is 10.4. The average molecular weight is 96.1 g/mol. The maximum absolute atomic E-state index is 9.61. The number of nitrogens with zero attached hydrogens (tertiary/aromatic N) is 1. The molecule has 0 amide bonds. The Hall–Kier alpha value is -0.810. The molecule has 2 nitrogen and oxygen atoms in total. The molecule has 0 bridgehead atoms. The van der Waals surface area contributed by atoms with Crippen LogP contribution in [0.2, 0.25) is 0 Å². The van der Waals surface area contributed by atoms with E-state index < -0.39 is 0 Å². The van der Waals surface area contributed by atoms with Crippen LogP contribution in [0.15, 0.2) is 12.2 Å². The fourth-order valence-corrected chi connectivity index (χ4v) is 0.204. The molecule has 0 aromatic carbocycles. The van der Waals surface area contributed by atoms with Gasteiger partial charge in [0.05, 0.1) is 12.5 Å². The third-order valence-electron chi connectivity index (χ3n) is 0.472. The van der Waals surface area contributed by atoms with E-state index >= 15 is 0 Å². The predicted molar refractivity (Wildman–Crippen MR) is 24.9 cm³/mol. The van der Waals surface area contributed by atoms with Crippen LogP contribution in [-0.4, -0.2) is 6.61 Å². The van der Waals surface area contributed by atoms with Gasteiger partial charge in [0.15, 0.2) is 0 Å². The zero-order valence-corrected chi connectivity index (χ0v) is 3.92. The molecule has 0 unspecified atom stereocenters. The molecule has 0 heterocycles. The van der Waals surface area contributed by atoms with Crippen LogP contribution in [0.1, 0.15) is 6.42 Å². The van der Waals surface area contributed by atoms with Gasteiger partial charge in [-0.1, -0.05) is 12.2 Å².